The maximum Gasteiger partial charge on any atom is 0.224 e. The van der Waals surface area contributed by atoms with Crippen LogP contribution in [0.15, 0.2) is 6.07 Å². The van der Waals surface area contributed by atoms with Crippen LogP contribution in [-0.2, 0) is 17.6 Å². The molecule has 1 amide bonds. The van der Waals surface area contributed by atoms with Gasteiger partial charge in [-0.05, 0) is 24.5 Å². The van der Waals surface area contributed by atoms with Gasteiger partial charge in [0.15, 0.2) is 0 Å². The third-order valence-electron chi connectivity index (χ3n) is 3.14. The van der Waals surface area contributed by atoms with E-state index in [4.69, 9.17) is 4.74 Å². The Labute approximate surface area is 88.4 Å². The van der Waals surface area contributed by atoms with E-state index in [0.29, 0.717) is 6.42 Å². The standard InChI is InChI=1S/C12H13NO2/c1-7-6-8-4-5-15-12(8)9-2-3-10(14)13-11(7)9/h6H,2-5H2,1H3,(H,13,14). The molecule has 0 bridgehead atoms. The van der Waals surface area contributed by atoms with Crippen molar-refractivity contribution in [3.63, 3.8) is 0 Å². The highest BCUT2D eigenvalue weighted by Gasteiger charge is 2.25. The minimum absolute atomic E-state index is 0.114. The molecule has 0 aliphatic carbocycles. The van der Waals surface area contributed by atoms with Crippen molar-refractivity contribution in [2.75, 3.05) is 11.9 Å². The number of hydrogen-bond donors (Lipinski definition) is 1. The lowest BCUT2D eigenvalue weighted by molar-refractivity contribution is -0.116. The van der Waals surface area contributed by atoms with Crippen molar-refractivity contribution in [3.8, 4) is 5.75 Å². The second-order valence-corrected chi connectivity index (χ2v) is 4.18. The van der Waals surface area contributed by atoms with Crippen LogP contribution in [0.25, 0.3) is 0 Å². The third kappa shape index (κ3) is 1.23. The lowest BCUT2D eigenvalue weighted by atomic mass is 9.95. The molecule has 15 heavy (non-hydrogen) atoms. The molecule has 0 spiro atoms. The molecule has 2 aliphatic rings. The van der Waals surface area contributed by atoms with E-state index in [9.17, 15) is 4.79 Å². The van der Waals surface area contributed by atoms with Crippen LogP contribution in [0.4, 0.5) is 5.69 Å². The normalized spacial score (nSPS) is 17.8. The first-order chi connectivity index (χ1) is 7.25. The zero-order valence-corrected chi connectivity index (χ0v) is 8.72. The predicted octanol–water partition coefficient (Wildman–Crippen LogP) is 1.81. The first kappa shape index (κ1) is 8.77. The molecular weight excluding hydrogens is 190 g/mol. The van der Waals surface area contributed by atoms with Gasteiger partial charge in [0.25, 0.3) is 0 Å². The second kappa shape index (κ2) is 2.99. The van der Waals surface area contributed by atoms with Crippen LogP contribution in [0.3, 0.4) is 0 Å². The number of hydrogen-bond acceptors (Lipinski definition) is 2. The topological polar surface area (TPSA) is 38.3 Å². The zero-order valence-electron chi connectivity index (χ0n) is 8.72. The fraction of sp³-hybridized carbons (Fsp3) is 0.417. The molecular formula is C12H13NO2. The van der Waals surface area contributed by atoms with Gasteiger partial charge in [-0.15, -0.1) is 0 Å². The van der Waals surface area contributed by atoms with Crippen molar-refractivity contribution in [2.45, 2.75) is 26.2 Å². The number of carbonyl (C=O) groups is 1. The van der Waals surface area contributed by atoms with E-state index in [2.05, 4.69) is 11.4 Å². The fourth-order valence-electron chi connectivity index (χ4n) is 2.43. The first-order valence-corrected chi connectivity index (χ1v) is 5.33. The molecule has 0 aromatic heterocycles. The first-order valence-electron chi connectivity index (χ1n) is 5.33. The molecule has 1 aromatic rings. The van der Waals surface area contributed by atoms with Crippen molar-refractivity contribution in [3.05, 3.63) is 22.8 Å². The maximum absolute atomic E-state index is 11.3. The highest BCUT2D eigenvalue weighted by Crippen LogP contribution is 2.39. The van der Waals surface area contributed by atoms with Gasteiger partial charge < -0.3 is 10.1 Å². The molecule has 0 fully saturated rings. The molecule has 1 aromatic carbocycles. The Bertz CT molecular complexity index is 451. The SMILES string of the molecule is Cc1cc2c(c3c1NC(=O)CC3)OCC2. The number of benzene rings is 1. The minimum Gasteiger partial charge on any atom is -0.493 e. The quantitative estimate of drug-likeness (QED) is 0.698. The Morgan fingerprint density at radius 3 is 3.07 bits per heavy atom. The monoisotopic (exact) mass is 203 g/mol. The molecule has 78 valence electrons. The van der Waals surface area contributed by atoms with E-state index in [1.54, 1.807) is 0 Å². The number of fused-ring (bicyclic) bond motifs is 3. The summed E-state index contributed by atoms with van der Waals surface area (Å²) in [5, 5.41) is 2.94. The van der Waals surface area contributed by atoms with Crippen LogP contribution in [0.2, 0.25) is 0 Å². The molecule has 3 nitrogen and oxygen atoms in total. The Hall–Kier alpha value is -1.51. The zero-order chi connectivity index (χ0) is 10.4. The summed E-state index contributed by atoms with van der Waals surface area (Å²) in [6, 6.07) is 2.13. The van der Waals surface area contributed by atoms with Crippen molar-refractivity contribution in [1.82, 2.24) is 0 Å². The van der Waals surface area contributed by atoms with Crippen LogP contribution in [0.1, 0.15) is 23.1 Å². The van der Waals surface area contributed by atoms with E-state index >= 15 is 0 Å². The predicted molar refractivity (Wildman–Crippen MR) is 57.3 cm³/mol. The molecule has 0 saturated heterocycles. The summed E-state index contributed by atoms with van der Waals surface area (Å²) in [4.78, 5) is 11.3. The van der Waals surface area contributed by atoms with Crippen LogP contribution in [-0.4, -0.2) is 12.5 Å². The van der Waals surface area contributed by atoms with Crippen molar-refractivity contribution >= 4 is 11.6 Å². The van der Waals surface area contributed by atoms with Gasteiger partial charge in [-0.3, -0.25) is 4.79 Å². The maximum atomic E-state index is 11.3. The molecule has 0 saturated carbocycles. The summed E-state index contributed by atoms with van der Waals surface area (Å²) in [5.41, 5.74) is 4.62. The largest absolute Gasteiger partial charge is 0.493 e. The number of anilines is 1. The summed E-state index contributed by atoms with van der Waals surface area (Å²) in [7, 11) is 0. The highest BCUT2D eigenvalue weighted by molar-refractivity contribution is 5.95. The van der Waals surface area contributed by atoms with Crippen molar-refractivity contribution in [1.29, 1.82) is 0 Å². The number of aryl methyl sites for hydroxylation is 1. The van der Waals surface area contributed by atoms with Gasteiger partial charge in [-0.25, -0.2) is 0 Å². The summed E-state index contributed by atoms with van der Waals surface area (Å²) in [6.07, 6.45) is 2.38. The van der Waals surface area contributed by atoms with Gasteiger partial charge in [0.1, 0.15) is 5.75 Å². The van der Waals surface area contributed by atoms with Crippen LogP contribution >= 0.6 is 0 Å². The summed E-state index contributed by atoms with van der Waals surface area (Å²) < 4.78 is 5.64. The van der Waals surface area contributed by atoms with E-state index in [1.165, 1.54) is 11.1 Å². The fourth-order valence-corrected chi connectivity index (χ4v) is 2.43. The number of ether oxygens (including phenoxy) is 1. The van der Waals surface area contributed by atoms with Gasteiger partial charge in [0, 0.05) is 18.4 Å². The van der Waals surface area contributed by atoms with Crippen LogP contribution in [0, 0.1) is 6.92 Å². The average Bonchev–Trinajstić information content (AvgIpc) is 2.66. The van der Waals surface area contributed by atoms with Crippen molar-refractivity contribution in [2.24, 2.45) is 0 Å². The lowest BCUT2D eigenvalue weighted by Crippen LogP contribution is -2.20. The highest BCUT2D eigenvalue weighted by atomic mass is 16.5. The van der Waals surface area contributed by atoms with Gasteiger partial charge >= 0.3 is 0 Å². The average molecular weight is 203 g/mol. The van der Waals surface area contributed by atoms with Gasteiger partial charge in [-0.2, -0.15) is 0 Å². The van der Waals surface area contributed by atoms with Crippen molar-refractivity contribution < 1.29 is 9.53 Å². The minimum atomic E-state index is 0.114. The number of nitrogens with one attached hydrogen (secondary N) is 1. The van der Waals surface area contributed by atoms with E-state index < -0.39 is 0 Å². The Morgan fingerprint density at radius 1 is 1.33 bits per heavy atom. The smallest absolute Gasteiger partial charge is 0.224 e. The summed E-state index contributed by atoms with van der Waals surface area (Å²) >= 11 is 0. The molecule has 0 unspecified atom stereocenters. The van der Waals surface area contributed by atoms with E-state index in [-0.39, 0.29) is 5.91 Å². The van der Waals surface area contributed by atoms with Crippen LogP contribution < -0.4 is 10.1 Å². The number of carbonyl (C=O) groups excluding carboxylic acids is 1. The van der Waals surface area contributed by atoms with E-state index in [0.717, 1.165) is 36.4 Å². The molecule has 0 radical (unpaired) electrons. The second-order valence-electron chi connectivity index (χ2n) is 4.18. The molecule has 3 heteroatoms. The molecule has 2 aliphatic heterocycles. The molecule has 2 heterocycles. The molecule has 0 atom stereocenters. The Morgan fingerprint density at radius 2 is 2.20 bits per heavy atom. The summed E-state index contributed by atoms with van der Waals surface area (Å²) in [6.45, 7) is 2.82. The van der Waals surface area contributed by atoms with Crippen LogP contribution in [0.5, 0.6) is 5.75 Å². The Kier molecular flexibility index (Phi) is 1.75. The van der Waals surface area contributed by atoms with Gasteiger partial charge in [0.05, 0.1) is 12.3 Å². The number of rotatable bonds is 0. The van der Waals surface area contributed by atoms with E-state index in [1.807, 2.05) is 6.92 Å². The van der Waals surface area contributed by atoms with Gasteiger partial charge in [0.2, 0.25) is 5.91 Å². The molecule has 3 rings (SSSR count). The number of amides is 1. The lowest BCUT2D eigenvalue weighted by Gasteiger charge is -2.21. The van der Waals surface area contributed by atoms with Gasteiger partial charge in [-0.1, -0.05) is 6.07 Å². The molecule has 1 N–H and O–H groups in total. The third-order valence-corrected chi connectivity index (χ3v) is 3.14. The summed E-state index contributed by atoms with van der Waals surface area (Å²) in [5.74, 6) is 1.14. The Balaban J connectivity index is 2.21.